The van der Waals surface area contributed by atoms with E-state index >= 15 is 0 Å². The zero-order valence-corrected chi connectivity index (χ0v) is 11.6. The lowest BCUT2D eigenvalue weighted by Gasteiger charge is -2.31. The van der Waals surface area contributed by atoms with Crippen molar-refractivity contribution in [3.63, 3.8) is 0 Å². The fraction of sp³-hybridized carbons (Fsp3) is 0.857. The van der Waals surface area contributed by atoms with E-state index in [-0.39, 0.29) is 17.7 Å². The van der Waals surface area contributed by atoms with E-state index in [2.05, 4.69) is 10.6 Å². The van der Waals surface area contributed by atoms with Crippen LogP contribution in [0.2, 0.25) is 0 Å². The van der Waals surface area contributed by atoms with Crippen LogP contribution in [0.1, 0.15) is 45.4 Å². The third-order valence-corrected chi connectivity index (χ3v) is 4.58. The van der Waals surface area contributed by atoms with Crippen molar-refractivity contribution in [2.24, 2.45) is 11.8 Å². The van der Waals surface area contributed by atoms with Crippen LogP contribution in [0.5, 0.6) is 0 Å². The van der Waals surface area contributed by atoms with Gasteiger partial charge < -0.3 is 15.7 Å². The van der Waals surface area contributed by atoms with E-state index in [9.17, 15) is 14.7 Å². The first kappa shape index (κ1) is 14.3. The minimum absolute atomic E-state index is 0.0956. The van der Waals surface area contributed by atoms with E-state index < -0.39 is 11.5 Å². The van der Waals surface area contributed by atoms with Crippen LogP contribution < -0.4 is 10.6 Å². The van der Waals surface area contributed by atoms with Gasteiger partial charge >= 0.3 is 5.97 Å². The summed E-state index contributed by atoms with van der Waals surface area (Å²) in [5.74, 6) is -0.792. The molecule has 0 radical (unpaired) electrons. The van der Waals surface area contributed by atoms with Gasteiger partial charge in [0.2, 0.25) is 5.91 Å². The van der Waals surface area contributed by atoms with Crippen LogP contribution in [-0.2, 0) is 9.59 Å². The Morgan fingerprint density at radius 1 is 1.16 bits per heavy atom. The van der Waals surface area contributed by atoms with E-state index in [1.165, 1.54) is 0 Å². The Hall–Kier alpha value is -1.10. The van der Waals surface area contributed by atoms with Gasteiger partial charge in [-0.25, -0.2) is 4.79 Å². The van der Waals surface area contributed by atoms with Gasteiger partial charge in [-0.3, -0.25) is 4.79 Å². The Balaban J connectivity index is 2.07. The third kappa shape index (κ3) is 3.08. The molecule has 0 bridgehead atoms. The Kier molecular flexibility index (Phi) is 4.45. The highest BCUT2D eigenvalue weighted by Gasteiger charge is 2.42. The quantitative estimate of drug-likeness (QED) is 0.671. The first-order valence-corrected chi connectivity index (χ1v) is 7.31. The van der Waals surface area contributed by atoms with Gasteiger partial charge in [0.1, 0.15) is 5.54 Å². The summed E-state index contributed by atoms with van der Waals surface area (Å²) in [6.45, 7) is 3.52. The first-order valence-electron chi connectivity index (χ1n) is 7.31. The smallest absolute Gasteiger partial charge is 0.329 e. The molecule has 0 spiro atoms. The summed E-state index contributed by atoms with van der Waals surface area (Å²) in [4.78, 5) is 24.0. The number of hydrogen-bond acceptors (Lipinski definition) is 3. The van der Waals surface area contributed by atoms with Gasteiger partial charge in [-0.1, -0.05) is 32.6 Å². The van der Waals surface area contributed by atoms with Gasteiger partial charge in [0.05, 0.1) is 5.92 Å². The molecular formula is C14H24N2O3. The second-order valence-corrected chi connectivity index (χ2v) is 6.03. The van der Waals surface area contributed by atoms with Crippen molar-refractivity contribution < 1.29 is 14.7 Å². The molecule has 2 atom stereocenters. The Bertz CT molecular complexity index is 349. The predicted molar refractivity (Wildman–Crippen MR) is 71.7 cm³/mol. The van der Waals surface area contributed by atoms with Crippen molar-refractivity contribution >= 4 is 11.9 Å². The van der Waals surface area contributed by atoms with Crippen molar-refractivity contribution in [1.29, 1.82) is 0 Å². The van der Waals surface area contributed by atoms with Gasteiger partial charge in [-0.05, 0) is 25.3 Å². The molecule has 0 aromatic rings. The molecule has 1 saturated heterocycles. The van der Waals surface area contributed by atoms with Crippen molar-refractivity contribution in [2.75, 3.05) is 13.1 Å². The maximum absolute atomic E-state index is 12.3. The Labute approximate surface area is 114 Å². The molecule has 5 nitrogen and oxygen atoms in total. The summed E-state index contributed by atoms with van der Waals surface area (Å²) >= 11 is 0. The number of nitrogens with one attached hydrogen (secondary N) is 2. The van der Waals surface area contributed by atoms with E-state index in [4.69, 9.17) is 0 Å². The van der Waals surface area contributed by atoms with Crippen molar-refractivity contribution in [2.45, 2.75) is 51.0 Å². The molecule has 0 aromatic heterocycles. The van der Waals surface area contributed by atoms with Gasteiger partial charge in [0, 0.05) is 6.54 Å². The summed E-state index contributed by atoms with van der Waals surface area (Å²) in [6.07, 6.45) is 5.00. The molecular weight excluding hydrogens is 244 g/mol. The van der Waals surface area contributed by atoms with Crippen LogP contribution in [-0.4, -0.2) is 35.6 Å². The lowest BCUT2D eigenvalue weighted by molar-refractivity contribution is -0.149. The second-order valence-electron chi connectivity index (χ2n) is 6.03. The maximum atomic E-state index is 12.3. The topological polar surface area (TPSA) is 78.4 Å². The second kappa shape index (κ2) is 5.90. The van der Waals surface area contributed by atoms with E-state index in [1.54, 1.807) is 0 Å². The number of aliphatic carboxylic acids is 1. The molecule has 0 aromatic carbocycles. The molecule has 5 heteroatoms. The van der Waals surface area contributed by atoms with Crippen molar-refractivity contribution in [1.82, 2.24) is 10.6 Å². The van der Waals surface area contributed by atoms with Crippen LogP contribution in [0.25, 0.3) is 0 Å². The fourth-order valence-electron chi connectivity index (χ4n) is 3.21. The summed E-state index contributed by atoms with van der Waals surface area (Å²) < 4.78 is 0. The number of rotatable bonds is 3. The standard InChI is InChI=1S/C14H24N2O3/c1-10-8-15-9-11(10)12(17)16-14(13(18)19)6-4-2-3-5-7-14/h10-11,15H,2-9H2,1H3,(H,16,17)(H,18,19). The summed E-state index contributed by atoms with van der Waals surface area (Å²) in [5, 5.41) is 15.6. The van der Waals surface area contributed by atoms with Gasteiger partial charge in [-0.2, -0.15) is 0 Å². The summed E-state index contributed by atoms with van der Waals surface area (Å²) in [7, 11) is 0. The molecule has 3 N–H and O–H groups in total. The predicted octanol–water partition coefficient (Wildman–Crippen LogP) is 1.14. The Morgan fingerprint density at radius 3 is 2.26 bits per heavy atom. The summed E-state index contributed by atoms with van der Waals surface area (Å²) in [6, 6.07) is 0. The number of carbonyl (C=O) groups excluding carboxylic acids is 1. The van der Waals surface area contributed by atoms with Crippen molar-refractivity contribution in [3.8, 4) is 0 Å². The van der Waals surface area contributed by atoms with Crippen LogP contribution in [0.15, 0.2) is 0 Å². The molecule has 2 unspecified atom stereocenters. The average Bonchev–Trinajstić information content (AvgIpc) is 2.64. The normalized spacial score (nSPS) is 30.6. The van der Waals surface area contributed by atoms with Gasteiger partial charge in [0.25, 0.3) is 0 Å². The molecule has 1 aliphatic carbocycles. The molecule has 1 amide bonds. The number of carboxylic acid groups (broad SMARTS) is 1. The molecule has 1 saturated carbocycles. The zero-order valence-electron chi connectivity index (χ0n) is 11.6. The fourth-order valence-corrected chi connectivity index (χ4v) is 3.21. The zero-order chi connectivity index (χ0) is 13.9. The number of carbonyl (C=O) groups is 2. The number of amides is 1. The lowest BCUT2D eigenvalue weighted by Crippen LogP contribution is -2.56. The first-order chi connectivity index (χ1) is 9.05. The third-order valence-electron chi connectivity index (χ3n) is 4.58. The highest BCUT2D eigenvalue weighted by Crippen LogP contribution is 2.28. The minimum atomic E-state index is -1.03. The number of carboxylic acids is 1. The minimum Gasteiger partial charge on any atom is -0.480 e. The molecule has 1 aliphatic heterocycles. The van der Waals surface area contributed by atoms with Crippen LogP contribution in [0.3, 0.4) is 0 Å². The summed E-state index contributed by atoms with van der Waals surface area (Å²) in [5.41, 5.74) is -1.03. The maximum Gasteiger partial charge on any atom is 0.329 e. The molecule has 2 rings (SSSR count). The van der Waals surface area contributed by atoms with E-state index in [1.807, 2.05) is 6.92 Å². The Morgan fingerprint density at radius 2 is 1.79 bits per heavy atom. The molecule has 2 fully saturated rings. The van der Waals surface area contributed by atoms with E-state index in [0.29, 0.717) is 19.4 Å². The highest BCUT2D eigenvalue weighted by molar-refractivity contribution is 5.88. The average molecular weight is 268 g/mol. The SMILES string of the molecule is CC1CNCC1C(=O)NC1(C(=O)O)CCCCCC1. The monoisotopic (exact) mass is 268 g/mol. The molecule has 1 heterocycles. The molecule has 19 heavy (non-hydrogen) atoms. The van der Waals surface area contributed by atoms with Crippen LogP contribution in [0.4, 0.5) is 0 Å². The number of hydrogen-bond donors (Lipinski definition) is 3. The van der Waals surface area contributed by atoms with Crippen LogP contribution >= 0.6 is 0 Å². The highest BCUT2D eigenvalue weighted by atomic mass is 16.4. The largest absolute Gasteiger partial charge is 0.480 e. The van der Waals surface area contributed by atoms with Crippen LogP contribution in [0, 0.1) is 11.8 Å². The van der Waals surface area contributed by atoms with Gasteiger partial charge in [-0.15, -0.1) is 0 Å². The lowest BCUT2D eigenvalue weighted by atomic mass is 9.88. The van der Waals surface area contributed by atoms with Gasteiger partial charge in [0.15, 0.2) is 0 Å². The molecule has 2 aliphatic rings. The van der Waals surface area contributed by atoms with E-state index in [0.717, 1.165) is 32.2 Å². The molecule has 108 valence electrons. The van der Waals surface area contributed by atoms with Crippen molar-refractivity contribution in [3.05, 3.63) is 0 Å².